The minimum Gasteiger partial charge on any atom is -0.462 e. The Morgan fingerprint density at radius 2 is 0.559 bits per heavy atom. The molecule has 0 saturated heterocycles. The zero-order chi connectivity index (χ0) is 43.0. The summed E-state index contributed by atoms with van der Waals surface area (Å²) in [6.07, 6.45) is 54.4. The fraction of sp³-hybridized carbons (Fsp3) is 0.868. The molecule has 6 nitrogen and oxygen atoms in total. The number of allylic oxidation sites excluding steroid dienone is 4. The fourth-order valence-corrected chi connectivity index (χ4v) is 7.49. The molecule has 0 aromatic carbocycles. The Labute approximate surface area is 366 Å². The first-order valence-corrected chi connectivity index (χ1v) is 25.8. The third-order valence-electron chi connectivity index (χ3n) is 11.4. The van der Waals surface area contributed by atoms with Crippen molar-refractivity contribution in [2.45, 2.75) is 284 Å². The van der Waals surface area contributed by atoms with E-state index in [4.69, 9.17) is 14.2 Å². The van der Waals surface area contributed by atoms with Crippen molar-refractivity contribution in [3.8, 4) is 0 Å². The third kappa shape index (κ3) is 46.8. The summed E-state index contributed by atoms with van der Waals surface area (Å²) in [5, 5.41) is 0. The van der Waals surface area contributed by atoms with Crippen LogP contribution in [-0.4, -0.2) is 37.2 Å². The van der Waals surface area contributed by atoms with Gasteiger partial charge in [-0.25, -0.2) is 0 Å². The van der Waals surface area contributed by atoms with Crippen LogP contribution in [0.5, 0.6) is 0 Å². The molecule has 0 radical (unpaired) electrons. The van der Waals surface area contributed by atoms with Crippen LogP contribution in [0.3, 0.4) is 0 Å². The van der Waals surface area contributed by atoms with Crippen molar-refractivity contribution in [2.75, 3.05) is 13.2 Å². The summed E-state index contributed by atoms with van der Waals surface area (Å²) >= 11 is 0. The summed E-state index contributed by atoms with van der Waals surface area (Å²) in [6.45, 7) is 6.62. The molecule has 6 heteroatoms. The molecule has 0 bridgehead atoms. The first kappa shape index (κ1) is 56.9. The number of unbranched alkanes of at least 4 members (excludes halogenated alkanes) is 32. The van der Waals surface area contributed by atoms with Crippen LogP contribution in [0, 0.1) is 0 Å². The monoisotopic (exact) mass is 831 g/mol. The number of carbonyl (C=O) groups excluding carboxylic acids is 3. The van der Waals surface area contributed by atoms with Gasteiger partial charge in [0.05, 0.1) is 0 Å². The molecule has 0 N–H and O–H groups in total. The molecule has 0 unspecified atom stereocenters. The molecule has 0 rings (SSSR count). The van der Waals surface area contributed by atoms with E-state index in [1.165, 1.54) is 167 Å². The highest BCUT2D eigenvalue weighted by Gasteiger charge is 2.19. The molecule has 0 aliphatic carbocycles. The van der Waals surface area contributed by atoms with Gasteiger partial charge in [0.2, 0.25) is 0 Å². The highest BCUT2D eigenvalue weighted by atomic mass is 16.6. The number of hydrogen-bond acceptors (Lipinski definition) is 6. The molecule has 0 spiro atoms. The predicted octanol–water partition coefficient (Wildman–Crippen LogP) is 16.8. The molecule has 0 aliphatic heterocycles. The van der Waals surface area contributed by atoms with E-state index < -0.39 is 6.10 Å². The zero-order valence-electron chi connectivity index (χ0n) is 39.5. The van der Waals surface area contributed by atoms with Crippen LogP contribution in [0.1, 0.15) is 278 Å². The number of carbonyl (C=O) groups is 3. The van der Waals surface area contributed by atoms with Crippen molar-refractivity contribution in [3.63, 3.8) is 0 Å². The molecule has 0 saturated carbocycles. The molecule has 0 heterocycles. The molecule has 0 amide bonds. The second-order valence-corrected chi connectivity index (χ2v) is 17.4. The lowest BCUT2D eigenvalue weighted by molar-refractivity contribution is -0.167. The van der Waals surface area contributed by atoms with Crippen molar-refractivity contribution in [1.29, 1.82) is 0 Å². The first-order chi connectivity index (χ1) is 29.0. The normalized spacial score (nSPS) is 12.1. The third-order valence-corrected chi connectivity index (χ3v) is 11.4. The maximum absolute atomic E-state index is 12.8. The second kappa shape index (κ2) is 48.6. The highest BCUT2D eigenvalue weighted by Crippen LogP contribution is 2.15. The quantitative estimate of drug-likeness (QED) is 0.0263. The SMILES string of the molecule is CCCCCC/C=C\CCCCCCCC(=O)OC[C@H](COC(=O)CCCCCCCCCCCCCCC)OC(=O)CCCCCCC/C=C\CCCCCCCC. The van der Waals surface area contributed by atoms with Crippen molar-refractivity contribution in [1.82, 2.24) is 0 Å². The lowest BCUT2D eigenvalue weighted by atomic mass is 10.0. The summed E-state index contributed by atoms with van der Waals surface area (Å²) in [4.78, 5) is 37.9. The van der Waals surface area contributed by atoms with Gasteiger partial charge in [0.25, 0.3) is 0 Å². The lowest BCUT2D eigenvalue weighted by Gasteiger charge is -2.18. The number of rotatable bonds is 47. The lowest BCUT2D eigenvalue weighted by Crippen LogP contribution is -2.30. The van der Waals surface area contributed by atoms with Gasteiger partial charge in [-0.15, -0.1) is 0 Å². The van der Waals surface area contributed by atoms with Gasteiger partial charge in [-0.05, 0) is 70.6 Å². The Kier molecular flexibility index (Phi) is 46.8. The van der Waals surface area contributed by atoms with Crippen molar-refractivity contribution in [2.24, 2.45) is 0 Å². The summed E-state index contributed by atoms with van der Waals surface area (Å²) < 4.78 is 16.8. The number of hydrogen-bond donors (Lipinski definition) is 0. The Morgan fingerprint density at radius 3 is 0.864 bits per heavy atom. The van der Waals surface area contributed by atoms with E-state index in [9.17, 15) is 14.4 Å². The van der Waals surface area contributed by atoms with Crippen LogP contribution in [0.25, 0.3) is 0 Å². The minimum absolute atomic E-state index is 0.0736. The van der Waals surface area contributed by atoms with Crippen LogP contribution < -0.4 is 0 Å². The molecular weight excluding hydrogens is 733 g/mol. The van der Waals surface area contributed by atoms with Gasteiger partial charge in [-0.1, -0.05) is 212 Å². The summed E-state index contributed by atoms with van der Waals surface area (Å²) in [6, 6.07) is 0. The largest absolute Gasteiger partial charge is 0.462 e. The summed E-state index contributed by atoms with van der Waals surface area (Å²) in [5.74, 6) is -0.879. The van der Waals surface area contributed by atoms with E-state index in [-0.39, 0.29) is 31.1 Å². The van der Waals surface area contributed by atoms with Crippen molar-refractivity contribution in [3.05, 3.63) is 24.3 Å². The van der Waals surface area contributed by atoms with Crippen LogP contribution >= 0.6 is 0 Å². The summed E-state index contributed by atoms with van der Waals surface area (Å²) in [7, 11) is 0. The Balaban J connectivity index is 4.37. The first-order valence-electron chi connectivity index (χ1n) is 25.8. The molecule has 59 heavy (non-hydrogen) atoms. The van der Waals surface area contributed by atoms with Gasteiger partial charge in [-0.2, -0.15) is 0 Å². The van der Waals surface area contributed by atoms with E-state index in [2.05, 4.69) is 45.1 Å². The van der Waals surface area contributed by atoms with Gasteiger partial charge >= 0.3 is 17.9 Å². The minimum atomic E-state index is -0.773. The van der Waals surface area contributed by atoms with Crippen molar-refractivity contribution >= 4 is 17.9 Å². The summed E-state index contributed by atoms with van der Waals surface area (Å²) in [5.41, 5.74) is 0. The molecule has 0 aromatic heterocycles. The average Bonchev–Trinajstić information content (AvgIpc) is 3.23. The Bertz CT molecular complexity index is 958. The van der Waals surface area contributed by atoms with E-state index >= 15 is 0 Å². The predicted molar refractivity (Wildman–Crippen MR) is 252 cm³/mol. The van der Waals surface area contributed by atoms with Crippen LogP contribution in [0.15, 0.2) is 24.3 Å². The zero-order valence-corrected chi connectivity index (χ0v) is 39.5. The fourth-order valence-electron chi connectivity index (χ4n) is 7.49. The smallest absolute Gasteiger partial charge is 0.306 e. The van der Waals surface area contributed by atoms with Gasteiger partial charge < -0.3 is 14.2 Å². The molecule has 0 fully saturated rings. The Morgan fingerprint density at radius 1 is 0.322 bits per heavy atom. The van der Waals surface area contributed by atoms with Crippen LogP contribution in [-0.2, 0) is 28.6 Å². The van der Waals surface area contributed by atoms with E-state index in [1.54, 1.807) is 0 Å². The van der Waals surface area contributed by atoms with Crippen molar-refractivity contribution < 1.29 is 28.6 Å². The van der Waals surface area contributed by atoms with Crippen LogP contribution in [0.4, 0.5) is 0 Å². The number of esters is 3. The maximum atomic E-state index is 12.8. The molecular formula is C53H98O6. The molecule has 346 valence electrons. The van der Waals surface area contributed by atoms with E-state index in [0.717, 1.165) is 70.6 Å². The number of ether oxygens (including phenoxy) is 3. The Hall–Kier alpha value is -2.11. The van der Waals surface area contributed by atoms with E-state index in [0.29, 0.717) is 19.3 Å². The van der Waals surface area contributed by atoms with Crippen LogP contribution in [0.2, 0.25) is 0 Å². The standard InChI is InChI=1S/C53H98O6/c1-4-7-10-13-16-19-22-25-26-29-32-35-38-41-44-47-53(56)59-50(48-57-51(54)45-42-39-36-33-30-27-23-20-17-14-11-8-5-2)49-58-52(55)46-43-40-37-34-31-28-24-21-18-15-12-9-6-3/h20,23,25-26,50H,4-19,21-22,24,27-49H2,1-3H3/b23-20-,26-25-/t50-/m1/s1. The molecule has 1 atom stereocenters. The molecule has 0 aliphatic rings. The van der Waals surface area contributed by atoms with Gasteiger partial charge in [-0.3, -0.25) is 14.4 Å². The average molecular weight is 831 g/mol. The second-order valence-electron chi connectivity index (χ2n) is 17.4. The topological polar surface area (TPSA) is 78.9 Å². The van der Waals surface area contributed by atoms with Gasteiger partial charge in [0.15, 0.2) is 6.10 Å². The van der Waals surface area contributed by atoms with E-state index in [1.807, 2.05) is 0 Å². The van der Waals surface area contributed by atoms with Gasteiger partial charge in [0.1, 0.15) is 13.2 Å². The van der Waals surface area contributed by atoms with Gasteiger partial charge in [0, 0.05) is 19.3 Å². The maximum Gasteiger partial charge on any atom is 0.306 e. The molecule has 0 aromatic rings. The highest BCUT2D eigenvalue weighted by molar-refractivity contribution is 5.71.